The number of hydrogen-bond donors (Lipinski definition) is 4. The molecule has 4 amide bonds. The van der Waals surface area contributed by atoms with E-state index < -0.39 is 16.5 Å². The van der Waals surface area contributed by atoms with E-state index in [1.54, 1.807) is 0 Å². The summed E-state index contributed by atoms with van der Waals surface area (Å²) in [6, 6.07) is 12.2. The lowest BCUT2D eigenvalue weighted by Crippen LogP contribution is -2.78. The molecular formula is C58H82Cl2N4O7. The number of halogens is 2. The van der Waals surface area contributed by atoms with Gasteiger partial charge in [-0.3, -0.25) is 14.5 Å². The summed E-state index contributed by atoms with van der Waals surface area (Å²) in [4.78, 5) is 53.2. The number of nitrogens with one attached hydrogen (secondary N) is 3. The van der Waals surface area contributed by atoms with Gasteiger partial charge in [-0.25, -0.2) is 9.59 Å². The summed E-state index contributed by atoms with van der Waals surface area (Å²) in [6.07, 6.45) is 11.4. The van der Waals surface area contributed by atoms with Gasteiger partial charge in [0.05, 0.1) is 41.7 Å². The van der Waals surface area contributed by atoms with Crippen molar-refractivity contribution < 1.29 is 33.8 Å². The predicted molar refractivity (Wildman–Crippen MR) is 280 cm³/mol. The van der Waals surface area contributed by atoms with Crippen molar-refractivity contribution >= 4 is 47.2 Å². The van der Waals surface area contributed by atoms with E-state index >= 15 is 0 Å². The van der Waals surface area contributed by atoms with Crippen LogP contribution in [-0.2, 0) is 43.0 Å². The summed E-state index contributed by atoms with van der Waals surface area (Å²) in [5.74, 6) is -0.0259. The van der Waals surface area contributed by atoms with E-state index in [0.29, 0.717) is 50.0 Å². The maximum absolute atomic E-state index is 13.6. The summed E-state index contributed by atoms with van der Waals surface area (Å²) < 4.78 is 9.95. The monoisotopic (exact) mass is 1020 g/mol. The number of urea groups is 2. The summed E-state index contributed by atoms with van der Waals surface area (Å²) in [6.45, 7) is 26.7. The van der Waals surface area contributed by atoms with E-state index in [1.165, 1.54) is 19.8 Å². The van der Waals surface area contributed by atoms with Gasteiger partial charge >= 0.3 is 24.0 Å². The molecule has 13 heteroatoms. The molecule has 0 aromatic heterocycles. The molecule has 8 aliphatic carbocycles. The van der Waals surface area contributed by atoms with Crippen LogP contribution in [0.25, 0.3) is 0 Å². The second kappa shape index (κ2) is 17.7. The number of aliphatic hydroxyl groups is 1. The highest BCUT2D eigenvalue weighted by molar-refractivity contribution is 6.31. The van der Waals surface area contributed by atoms with E-state index in [-0.39, 0.29) is 86.5 Å². The first-order chi connectivity index (χ1) is 32.8. The first kappa shape index (κ1) is 53.5. The van der Waals surface area contributed by atoms with Gasteiger partial charge in [0.1, 0.15) is 0 Å². The number of esters is 2. The summed E-state index contributed by atoms with van der Waals surface area (Å²) >= 11 is 13.6. The Kier molecular flexibility index (Phi) is 13.3. The Bertz CT molecular complexity index is 2480. The molecule has 2 aromatic carbocycles. The predicted octanol–water partition coefficient (Wildman–Crippen LogP) is 12.2. The lowest BCUT2D eigenvalue weighted by Gasteiger charge is -2.71. The van der Waals surface area contributed by atoms with Crippen molar-refractivity contribution in [1.82, 2.24) is 20.9 Å². The average Bonchev–Trinajstić information content (AvgIpc) is 3.54. The van der Waals surface area contributed by atoms with Crippen LogP contribution in [0.2, 0.25) is 10.0 Å². The number of benzene rings is 2. The van der Waals surface area contributed by atoms with Crippen LogP contribution in [0.15, 0.2) is 48.2 Å². The molecule has 8 fully saturated rings. The zero-order valence-electron chi connectivity index (χ0n) is 45.1. The van der Waals surface area contributed by atoms with Crippen LogP contribution in [0.1, 0.15) is 170 Å². The number of fused-ring (bicyclic) bond motifs is 1. The minimum absolute atomic E-state index is 0.0131. The molecule has 5 atom stereocenters. The van der Waals surface area contributed by atoms with Crippen molar-refractivity contribution in [2.75, 3.05) is 20.8 Å². The third kappa shape index (κ3) is 9.10. The Morgan fingerprint density at radius 2 is 1.23 bits per heavy atom. The second-order valence-corrected chi connectivity index (χ2v) is 28.1. The van der Waals surface area contributed by atoms with Crippen molar-refractivity contribution in [2.24, 2.45) is 50.2 Å². The number of carbonyl (C=O) groups excluding carboxylic acids is 4. The molecule has 11 rings (SSSR count). The van der Waals surface area contributed by atoms with E-state index in [1.807, 2.05) is 11.0 Å². The summed E-state index contributed by atoms with van der Waals surface area (Å²) in [5, 5.41) is 21.9. The highest BCUT2D eigenvalue weighted by atomic mass is 35.5. The maximum atomic E-state index is 13.6. The van der Waals surface area contributed by atoms with Crippen LogP contribution in [0.5, 0.6) is 0 Å². The number of amides is 4. The molecule has 0 radical (unpaired) electrons. The third-order valence-corrected chi connectivity index (χ3v) is 19.7. The Balaban J connectivity index is 0.000000190. The van der Waals surface area contributed by atoms with Gasteiger partial charge in [-0.15, -0.1) is 0 Å². The first-order valence-corrected chi connectivity index (χ1v) is 26.8. The van der Waals surface area contributed by atoms with Crippen LogP contribution >= 0.6 is 23.2 Å². The Morgan fingerprint density at radius 3 is 1.70 bits per heavy atom. The maximum Gasteiger partial charge on any atom is 0.322 e. The van der Waals surface area contributed by atoms with E-state index in [0.717, 1.165) is 59.4 Å². The quantitative estimate of drug-likeness (QED) is 0.155. The Morgan fingerprint density at radius 1 is 0.732 bits per heavy atom. The number of methoxy groups -OCH3 is 2. The Hall–Kier alpha value is -3.80. The molecule has 0 saturated heterocycles. The fraction of sp³-hybridized carbons (Fsp3) is 0.690. The van der Waals surface area contributed by atoms with E-state index in [9.17, 15) is 24.3 Å². The van der Waals surface area contributed by atoms with Crippen molar-refractivity contribution in [3.8, 4) is 0 Å². The molecule has 4 N–H and O–H groups in total. The van der Waals surface area contributed by atoms with Gasteiger partial charge in [0.25, 0.3) is 0 Å². The number of nitrogens with zero attached hydrogens (tertiary/aromatic N) is 1. The normalized spacial score (nSPS) is 34.6. The highest BCUT2D eigenvalue weighted by Gasteiger charge is 2.76. The lowest BCUT2D eigenvalue weighted by molar-refractivity contribution is -0.218. The minimum Gasteiger partial charge on any atom is -0.469 e. The number of aryl methyl sites for hydroxylation is 2. The molecule has 5 unspecified atom stereocenters. The minimum atomic E-state index is -0.752. The number of carbonyl (C=O) groups is 4. The van der Waals surface area contributed by atoms with Gasteiger partial charge in [0.15, 0.2) is 0 Å². The standard InChI is InChI=1S/C29H43ClN2O4.C29H39ClN2O3/c1-18-21(13-33)29(14-26(18,5)6,20-9-8-19(22(30)12-20)10-11-25(2,3)4)32-24(35)31-28-15-27(16-28,17-28)23(34)36-7;1-18-21-13-32(28-15-27(16-28,17-28)23(33)35-7)24(34)31-29(21,14-26(18,5)6)20-9-8-19(22(30)12-20)10-11-25(2,3)4/h8-9,12,18,21,33H,10-11,13-17H2,1-7H3,(H2,31,32,35);8-9,12-13,18H,10-11,14-17H2,1-7H3,(H,31,34). The molecule has 1 aliphatic heterocycles. The molecule has 4 bridgehead atoms. The van der Waals surface area contributed by atoms with Gasteiger partial charge in [-0.05, 0) is 151 Å². The average molecular weight is 1020 g/mol. The first-order valence-electron chi connectivity index (χ1n) is 26.1. The molecule has 71 heavy (non-hydrogen) atoms. The van der Waals surface area contributed by atoms with Crippen molar-refractivity contribution in [2.45, 2.75) is 182 Å². The van der Waals surface area contributed by atoms with E-state index in [2.05, 4.69) is 136 Å². The smallest absolute Gasteiger partial charge is 0.322 e. The van der Waals surface area contributed by atoms with Crippen LogP contribution in [0, 0.1) is 50.2 Å². The number of aliphatic hydroxyl groups excluding tert-OH is 1. The fourth-order valence-corrected chi connectivity index (χ4v) is 14.9. The summed E-state index contributed by atoms with van der Waals surface area (Å²) in [5.41, 5.74) is 3.12. The van der Waals surface area contributed by atoms with Gasteiger partial charge in [0.2, 0.25) is 0 Å². The van der Waals surface area contributed by atoms with Crippen LogP contribution in [0.4, 0.5) is 9.59 Å². The Labute approximate surface area is 433 Å². The van der Waals surface area contributed by atoms with Gasteiger partial charge in [0, 0.05) is 34.3 Å². The second-order valence-electron chi connectivity index (χ2n) is 27.3. The van der Waals surface area contributed by atoms with Gasteiger partial charge in [-0.1, -0.05) is 131 Å². The molecule has 0 spiro atoms. The van der Waals surface area contributed by atoms with Gasteiger partial charge < -0.3 is 30.5 Å². The fourth-order valence-electron chi connectivity index (χ4n) is 14.3. The van der Waals surface area contributed by atoms with Gasteiger partial charge in [-0.2, -0.15) is 0 Å². The molecule has 8 saturated carbocycles. The number of ether oxygens (including phenoxy) is 2. The number of hydrogen-bond acceptors (Lipinski definition) is 7. The lowest BCUT2D eigenvalue weighted by atomic mass is 9.38. The molecule has 11 nitrogen and oxygen atoms in total. The topological polar surface area (TPSA) is 146 Å². The van der Waals surface area contributed by atoms with E-state index in [4.69, 9.17) is 32.7 Å². The van der Waals surface area contributed by atoms with Crippen molar-refractivity contribution in [3.05, 3.63) is 80.5 Å². The largest absolute Gasteiger partial charge is 0.469 e. The molecule has 9 aliphatic rings. The van der Waals surface area contributed by atoms with Crippen LogP contribution in [0.3, 0.4) is 0 Å². The zero-order valence-corrected chi connectivity index (χ0v) is 46.6. The van der Waals surface area contributed by atoms with Crippen molar-refractivity contribution in [3.63, 3.8) is 0 Å². The molecule has 1 heterocycles. The summed E-state index contributed by atoms with van der Waals surface area (Å²) in [7, 11) is 2.86. The molecule has 390 valence electrons. The SMILES string of the molecule is COC(=O)C12CC(N3C=C4C(C)C(C)(C)CC4(c4ccc(CCC(C)(C)C)c(Cl)c4)NC3=O)(C1)C2.COC(=O)C12CC(NC(=O)NC3(c4ccc(CCC(C)(C)C)c(Cl)c4)CC(C)(C)C(C)C3CO)(C1)C2. The van der Waals surface area contributed by atoms with Crippen LogP contribution in [-0.4, -0.2) is 65.9 Å². The zero-order chi connectivity index (χ0) is 52.3. The third-order valence-electron chi connectivity index (χ3n) is 19.0. The van der Waals surface area contributed by atoms with Crippen LogP contribution < -0.4 is 16.0 Å². The highest BCUT2D eigenvalue weighted by Crippen LogP contribution is 2.72. The molecular weight excluding hydrogens is 936 g/mol. The molecule has 2 aromatic rings. The van der Waals surface area contributed by atoms with Crippen molar-refractivity contribution in [1.29, 1.82) is 0 Å². The number of rotatable bonds is 12.